The van der Waals surface area contributed by atoms with Crippen LogP contribution < -0.4 is 15.8 Å². The van der Waals surface area contributed by atoms with Crippen molar-refractivity contribution >= 4 is 22.8 Å². The highest BCUT2D eigenvalue weighted by atomic mass is 32.1. The highest BCUT2D eigenvalue weighted by Gasteiger charge is 2.07. The lowest BCUT2D eigenvalue weighted by molar-refractivity contribution is 0.400. The van der Waals surface area contributed by atoms with Gasteiger partial charge in [0.05, 0.1) is 12.8 Å². The van der Waals surface area contributed by atoms with Crippen molar-refractivity contribution in [3.63, 3.8) is 0 Å². The molecular formula is C13H17N3OS. The number of nitrogens with zero attached hydrogens (tertiary/aromatic N) is 1. The van der Waals surface area contributed by atoms with E-state index < -0.39 is 0 Å². The van der Waals surface area contributed by atoms with E-state index in [2.05, 4.69) is 34.7 Å². The number of anilines is 2. The van der Waals surface area contributed by atoms with Crippen LogP contribution in [0.4, 0.5) is 11.5 Å². The van der Waals surface area contributed by atoms with Gasteiger partial charge in [0.25, 0.3) is 0 Å². The van der Waals surface area contributed by atoms with Crippen molar-refractivity contribution in [2.24, 2.45) is 0 Å². The van der Waals surface area contributed by atoms with Gasteiger partial charge in [0.1, 0.15) is 5.82 Å². The molecule has 0 aliphatic heterocycles. The number of nitrogen functional groups attached to an aromatic ring is 1. The molecule has 0 aliphatic carbocycles. The van der Waals surface area contributed by atoms with E-state index in [1.807, 2.05) is 6.07 Å². The van der Waals surface area contributed by atoms with Crippen LogP contribution in [0.3, 0.4) is 0 Å². The van der Waals surface area contributed by atoms with Gasteiger partial charge in [-0.3, -0.25) is 0 Å². The molecule has 96 valence electrons. The van der Waals surface area contributed by atoms with Gasteiger partial charge in [-0.25, -0.2) is 0 Å². The summed E-state index contributed by atoms with van der Waals surface area (Å²) in [5.74, 6) is 1.24. The average Bonchev–Trinajstić information content (AvgIpc) is 2.84. The topological polar surface area (TPSA) is 60.2 Å². The summed E-state index contributed by atoms with van der Waals surface area (Å²) in [6.07, 6.45) is 0.978. The molecular weight excluding hydrogens is 246 g/mol. The van der Waals surface area contributed by atoms with E-state index in [4.69, 9.17) is 10.5 Å². The minimum Gasteiger partial charge on any atom is -0.479 e. The van der Waals surface area contributed by atoms with Crippen molar-refractivity contribution in [3.8, 4) is 5.88 Å². The number of rotatable bonds is 5. The monoisotopic (exact) mass is 263 g/mol. The summed E-state index contributed by atoms with van der Waals surface area (Å²) < 4.78 is 5.10. The third kappa shape index (κ3) is 3.13. The number of hydrogen-bond donors (Lipinski definition) is 2. The second-order valence-electron chi connectivity index (χ2n) is 4.12. The van der Waals surface area contributed by atoms with Crippen molar-refractivity contribution < 1.29 is 4.74 Å². The first kappa shape index (κ1) is 12.7. The Labute approximate surface area is 111 Å². The van der Waals surface area contributed by atoms with Crippen LogP contribution in [0.25, 0.3) is 0 Å². The Balaban J connectivity index is 2.00. The van der Waals surface area contributed by atoms with E-state index in [1.54, 1.807) is 24.5 Å². The highest BCUT2D eigenvalue weighted by Crippen LogP contribution is 2.21. The molecule has 0 saturated heterocycles. The minimum atomic E-state index is 0.310. The van der Waals surface area contributed by atoms with Crippen LogP contribution in [0.15, 0.2) is 29.6 Å². The van der Waals surface area contributed by atoms with Gasteiger partial charge in [-0.1, -0.05) is 6.07 Å². The summed E-state index contributed by atoms with van der Waals surface area (Å²) in [6, 6.07) is 8.18. The fourth-order valence-corrected chi connectivity index (χ4v) is 2.56. The standard InChI is InChI=1S/C13H17N3OS/c1-9(8-10-4-3-7-18-10)15-12-6-5-11(14)13(16-12)17-2/h3-7,9H,8,14H2,1-2H3,(H,15,16). The normalized spacial score (nSPS) is 12.1. The van der Waals surface area contributed by atoms with Crippen molar-refractivity contribution in [3.05, 3.63) is 34.5 Å². The fourth-order valence-electron chi connectivity index (χ4n) is 1.73. The molecule has 0 saturated carbocycles. The quantitative estimate of drug-likeness (QED) is 0.871. The molecule has 5 heteroatoms. The van der Waals surface area contributed by atoms with E-state index >= 15 is 0 Å². The first-order chi connectivity index (χ1) is 8.69. The molecule has 0 aliphatic rings. The Morgan fingerprint density at radius 1 is 1.44 bits per heavy atom. The maximum Gasteiger partial charge on any atom is 0.238 e. The highest BCUT2D eigenvalue weighted by molar-refractivity contribution is 7.09. The summed E-state index contributed by atoms with van der Waals surface area (Å²) in [5.41, 5.74) is 6.28. The zero-order valence-electron chi connectivity index (χ0n) is 10.5. The molecule has 0 aromatic carbocycles. The molecule has 0 amide bonds. The Kier molecular flexibility index (Phi) is 4.04. The van der Waals surface area contributed by atoms with Crippen LogP contribution in [0.5, 0.6) is 5.88 Å². The van der Waals surface area contributed by atoms with Crippen molar-refractivity contribution in [2.75, 3.05) is 18.2 Å². The molecule has 2 heterocycles. The third-order valence-electron chi connectivity index (χ3n) is 2.56. The van der Waals surface area contributed by atoms with Crippen molar-refractivity contribution in [2.45, 2.75) is 19.4 Å². The third-order valence-corrected chi connectivity index (χ3v) is 3.46. The molecule has 0 spiro atoms. The largest absolute Gasteiger partial charge is 0.479 e. The number of thiophene rings is 1. The predicted molar refractivity (Wildman–Crippen MR) is 76.3 cm³/mol. The Morgan fingerprint density at radius 3 is 2.94 bits per heavy atom. The lowest BCUT2D eigenvalue weighted by Crippen LogP contribution is -2.18. The van der Waals surface area contributed by atoms with Gasteiger partial charge in [0.15, 0.2) is 0 Å². The molecule has 3 N–H and O–H groups in total. The molecule has 4 nitrogen and oxygen atoms in total. The average molecular weight is 263 g/mol. The second kappa shape index (κ2) is 5.73. The second-order valence-corrected chi connectivity index (χ2v) is 5.16. The number of ether oxygens (including phenoxy) is 1. The van der Waals surface area contributed by atoms with E-state index in [0.29, 0.717) is 17.6 Å². The number of methoxy groups -OCH3 is 1. The summed E-state index contributed by atoms with van der Waals surface area (Å²) in [6.45, 7) is 2.13. The lowest BCUT2D eigenvalue weighted by atomic mass is 10.2. The Morgan fingerprint density at radius 2 is 2.28 bits per heavy atom. The molecule has 0 fully saturated rings. The number of hydrogen-bond acceptors (Lipinski definition) is 5. The lowest BCUT2D eigenvalue weighted by Gasteiger charge is -2.14. The summed E-state index contributed by atoms with van der Waals surface area (Å²) in [7, 11) is 1.57. The maximum absolute atomic E-state index is 5.73. The predicted octanol–water partition coefficient (Wildman–Crippen LogP) is 2.78. The van der Waals surface area contributed by atoms with Gasteiger partial charge in [-0.15, -0.1) is 11.3 Å². The minimum absolute atomic E-state index is 0.310. The van der Waals surface area contributed by atoms with Gasteiger partial charge in [-0.2, -0.15) is 4.98 Å². The van der Waals surface area contributed by atoms with Gasteiger partial charge in [0.2, 0.25) is 5.88 Å². The van der Waals surface area contributed by atoms with E-state index in [0.717, 1.165) is 12.2 Å². The van der Waals surface area contributed by atoms with Crippen LogP contribution >= 0.6 is 11.3 Å². The number of pyridine rings is 1. The van der Waals surface area contributed by atoms with E-state index in [-0.39, 0.29) is 0 Å². The van der Waals surface area contributed by atoms with Crippen LogP contribution in [-0.4, -0.2) is 18.1 Å². The van der Waals surface area contributed by atoms with Gasteiger partial charge in [-0.05, 0) is 30.5 Å². The number of nitrogens with one attached hydrogen (secondary N) is 1. The maximum atomic E-state index is 5.73. The zero-order chi connectivity index (χ0) is 13.0. The van der Waals surface area contributed by atoms with Crippen molar-refractivity contribution in [1.29, 1.82) is 0 Å². The van der Waals surface area contributed by atoms with Gasteiger partial charge < -0.3 is 15.8 Å². The first-order valence-electron chi connectivity index (χ1n) is 5.78. The summed E-state index contributed by atoms with van der Waals surface area (Å²) in [4.78, 5) is 5.66. The van der Waals surface area contributed by atoms with Crippen LogP contribution in [0, 0.1) is 0 Å². The smallest absolute Gasteiger partial charge is 0.238 e. The molecule has 2 aromatic rings. The molecule has 0 radical (unpaired) electrons. The van der Waals surface area contributed by atoms with E-state index in [1.165, 1.54) is 4.88 Å². The molecule has 0 bridgehead atoms. The van der Waals surface area contributed by atoms with Gasteiger partial charge in [0, 0.05) is 17.3 Å². The molecule has 1 atom stereocenters. The molecule has 1 unspecified atom stereocenters. The van der Waals surface area contributed by atoms with E-state index in [9.17, 15) is 0 Å². The summed E-state index contributed by atoms with van der Waals surface area (Å²) in [5, 5.41) is 5.43. The van der Waals surface area contributed by atoms with Gasteiger partial charge >= 0.3 is 0 Å². The molecule has 18 heavy (non-hydrogen) atoms. The van der Waals surface area contributed by atoms with Crippen LogP contribution in [-0.2, 0) is 6.42 Å². The summed E-state index contributed by atoms with van der Waals surface area (Å²) >= 11 is 1.77. The Hall–Kier alpha value is -1.75. The zero-order valence-corrected chi connectivity index (χ0v) is 11.3. The fraction of sp³-hybridized carbons (Fsp3) is 0.308. The van der Waals surface area contributed by atoms with Crippen LogP contribution in [0.1, 0.15) is 11.8 Å². The Bertz CT molecular complexity index is 499. The molecule has 2 rings (SSSR count). The van der Waals surface area contributed by atoms with Crippen LogP contribution in [0.2, 0.25) is 0 Å². The molecule has 2 aromatic heterocycles. The van der Waals surface area contributed by atoms with Crippen molar-refractivity contribution in [1.82, 2.24) is 4.98 Å². The first-order valence-corrected chi connectivity index (χ1v) is 6.66. The number of nitrogens with two attached hydrogens (primary N) is 1. The SMILES string of the molecule is COc1nc(NC(C)Cc2cccs2)ccc1N. The number of aromatic nitrogens is 1.